The van der Waals surface area contributed by atoms with Gasteiger partial charge >= 0.3 is 0 Å². The topological polar surface area (TPSA) is 110 Å². The van der Waals surface area contributed by atoms with Crippen LogP contribution in [0.15, 0.2) is 18.2 Å². The maximum atomic E-state index is 12.3. The van der Waals surface area contributed by atoms with Gasteiger partial charge in [-0.05, 0) is 18.2 Å². The lowest BCUT2D eigenvalue weighted by Crippen LogP contribution is -2.43. The van der Waals surface area contributed by atoms with Crippen molar-refractivity contribution in [1.29, 1.82) is 0 Å². The fourth-order valence-electron chi connectivity index (χ4n) is 2.13. The number of carbonyl (C=O) groups excluding carboxylic acids is 2. The van der Waals surface area contributed by atoms with E-state index < -0.39 is 24.0 Å². The molecule has 1 aliphatic rings. The normalized spacial score (nSPS) is 22.5. The number of benzene rings is 1. The fourth-order valence-corrected chi connectivity index (χ4v) is 2.31. The molecule has 6 nitrogen and oxygen atoms in total. The third-order valence-corrected chi connectivity index (χ3v) is 3.44. The molecular formula is C12H14ClN3O3. The third-order valence-electron chi connectivity index (χ3n) is 3.12. The Hall–Kier alpha value is -1.79. The largest absolute Gasteiger partial charge is 0.398 e. The summed E-state index contributed by atoms with van der Waals surface area (Å²) in [5.41, 5.74) is 11.5. The van der Waals surface area contributed by atoms with Gasteiger partial charge < -0.3 is 21.5 Å². The Kier molecular flexibility index (Phi) is 3.64. The van der Waals surface area contributed by atoms with Crippen molar-refractivity contribution in [2.45, 2.75) is 18.6 Å². The molecule has 1 aromatic rings. The van der Waals surface area contributed by atoms with Crippen molar-refractivity contribution in [3.63, 3.8) is 0 Å². The summed E-state index contributed by atoms with van der Waals surface area (Å²) in [6.45, 7) is 0.0778. The SMILES string of the molecule is NC(=O)C1CC(O)CN1C(=O)c1ccc(N)c(Cl)c1. The number of anilines is 1. The summed E-state index contributed by atoms with van der Waals surface area (Å²) in [5.74, 6) is -1.03. The van der Waals surface area contributed by atoms with Gasteiger partial charge in [-0.3, -0.25) is 9.59 Å². The Morgan fingerprint density at radius 1 is 1.42 bits per heavy atom. The van der Waals surface area contributed by atoms with E-state index in [-0.39, 0.29) is 18.0 Å². The molecule has 0 bridgehead atoms. The molecule has 0 aromatic heterocycles. The molecule has 19 heavy (non-hydrogen) atoms. The van der Waals surface area contributed by atoms with E-state index in [2.05, 4.69) is 0 Å². The molecule has 1 aliphatic heterocycles. The van der Waals surface area contributed by atoms with Crippen LogP contribution in [0.5, 0.6) is 0 Å². The summed E-state index contributed by atoms with van der Waals surface area (Å²) in [7, 11) is 0. The maximum absolute atomic E-state index is 12.3. The molecule has 1 heterocycles. The van der Waals surface area contributed by atoms with Crippen LogP contribution in [0.4, 0.5) is 5.69 Å². The molecule has 0 aliphatic carbocycles. The lowest BCUT2D eigenvalue weighted by Gasteiger charge is -2.22. The van der Waals surface area contributed by atoms with Gasteiger partial charge in [0.25, 0.3) is 5.91 Å². The monoisotopic (exact) mass is 283 g/mol. The molecule has 1 fully saturated rings. The number of rotatable bonds is 2. The molecule has 0 spiro atoms. The Balaban J connectivity index is 2.27. The highest BCUT2D eigenvalue weighted by atomic mass is 35.5. The zero-order valence-corrected chi connectivity index (χ0v) is 10.8. The highest BCUT2D eigenvalue weighted by Crippen LogP contribution is 2.24. The molecule has 2 atom stereocenters. The first-order valence-electron chi connectivity index (χ1n) is 5.73. The predicted octanol–water partition coefficient (Wildman–Crippen LogP) is -0.0171. The Labute approximate surface area is 114 Å². The van der Waals surface area contributed by atoms with E-state index >= 15 is 0 Å². The second-order valence-corrected chi connectivity index (χ2v) is 4.91. The number of β-amino-alcohol motifs (C(OH)–C–C–N with tert-alkyl or cyclic N) is 1. The van der Waals surface area contributed by atoms with Gasteiger partial charge in [0.15, 0.2) is 0 Å². The quantitative estimate of drug-likeness (QED) is 0.663. The van der Waals surface area contributed by atoms with Crippen molar-refractivity contribution in [2.75, 3.05) is 12.3 Å². The summed E-state index contributed by atoms with van der Waals surface area (Å²) in [6, 6.07) is 3.68. The Morgan fingerprint density at radius 2 is 2.11 bits per heavy atom. The van der Waals surface area contributed by atoms with Crippen molar-refractivity contribution < 1.29 is 14.7 Å². The zero-order valence-electron chi connectivity index (χ0n) is 10.0. The highest BCUT2D eigenvalue weighted by molar-refractivity contribution is 6.33. The van der Waals surface area contributed by atoms with Crippen molar-refractivity contribution in [2.24, 2.45) is 5.73 Å². The molecular weight excluding hydrogens is 270 g/mol. The zero-order chi connectivity index (χ0) is 14.2. The number of likely N-dealkylation sites (tertiary alicyclic amines) is 1. The number of nitrogens with two attached hydrogens (primary N) is 2. The first-order valence-corrected chi connectivity index (χ1v) is 6.11. The molecule has 0 saturated carbocycles. The van der Waals surface area contributed by atoms with Gasteiger partial charge in [-0.1, -0.05) is 11.6 Å². The molecule has 2 unspecified atom stereocenters. The molecule has 2 rings (SSSR count). The predicted molar refractivity (Wildman–Crippen MR) is 70.5 cm³/mol. The number of amides is 2. The van der Waals surface area contributed by atoms with Gasteiger partial charge in [-0.15, -0.1) is 0 Å². The summed E-state index contributed by atoms with van der Waals surface area (Å²) in [4.78, 5) is 24.8. The van der Waals surface area contributed by atoms with E-state index in [4.69, 9.17) is 23.1 Å². The summed E-state index contributed by atoms with van der Waals surface area (Å²) >= 11 is 5.86. The van der Waals surface area contributed by atoms with Crippen molar-refractivity contribution in [3.05, 3.63) is 28.8 Å². The van der Waals surface area contributed by atoms with Gasteiger partial charge in [0.05, 0.1) is 16.8 Å². The van der Waals surface area contributed by atoms with E-state index in [1.54, 1.807) is 0 Å². The molecule has 2 amide bonds. The number of hydrogen-bond donors (Lipinski definition) is 3. The van der Waals surface area contributed by atoms with Crippen LogP contribution in [0.25, 0.3) is 0 Å². The van der Waals surface area contributed by atoms with Gasteiger partial charge in [0, 0.05) is 18.5 Å². The van der Waals surface area contributed by atoms with Gasteiger partial charge in [0.2, 0.25) is 5.91 Å². The first kappa shape index (κ1) is 13.6. The van der Waals surface area contributed by atoms with Gasteiger partial charge in [-0.25, -0.2) is 0 Å². The smallest absolute Gasteiger partial charge is 0.254 e. The van der Waals surface area contributed by atoms with E-state index in [0.29, 0.717) is 11.3 Å². The second-order valence-electron chi connectivity index (χ2n) is 4.50. The minimum absolute atomic E-state index is 0.0778. The van der Waals surface area contributed by atoms with Crippen LogP contribution in [0.1, 0.15) is 16.8 Å². The number of halogens is 1. The molecule has 102 valence electrons. The number of carbonyl (C=O) groups is 2. The first-order chi connectivity index (χ1) is 8.90. The van der Waals surface area contributed by atoms with E-state index in [9.17, 15) is 14.7 Å². The average molecular weight is 284 g/mol. The summed E-state index contributed by atoms with van der Waals surface area (Å²) in [5, 5.41) is 9.83. The minimum atomic E-state index is -0.793. The van der Waals surface area contributed by atoms with Crippen LogP contribution in [0, 0.1) is 0 Å². The van der Waals surface area contributed by atoms with E-state index in [1.165, 1.54) is 23.1 Å². The van der Waals surface area contributed by atoms with Crippen molar-refractivity contribution in [1.82, 2.24) is 4.90 Å². The second kappa shape index (κ2) is 5.07. The summed E-state index contributed by atoms with van der Waals surface area (Å²) in [6.07, 6.45) is -0.588. The average Bonchev–Trinajstić information content (AvgIpc) is 2.74. The summed E-state index contributed by atoms with van der Waals surface area (Å²) < 4.78 is 0. The van der Waals surface area contributed by atoms with E-state index in [0.717, 1.165) is 0 Å². The number of nitrogens with zero attached hydrogens (tertiary/aromatic N) is 1. The van der Waals surface area contributed by atoms with Crippen LogP contribution in [-0.2, 0) is 4.79 Å². The van der Waals surface area contributed by atoms with Crippen LogP contribution < -0.4 is 11.5 Å². The van der Waals surface area contributed by atoms with Gasteiger partial charge in [0.1, 0.15) is 6.04 Å². The number of aliphatic hydroxyl groups excluding tert-OH is 1. The molecule has 7 heteroatoms. The van der Waals surface area contributed by atoms with Crippen LogP contribution >= 0.6 is 11.6 Å². The standard InChI is InChI=1S/C12H14ClN3O3/c13-8-3-6(1-2-9(8)14)12(19)16-5-7(17)4-10(16)11(15)18/h1-3,7,10,17H,4-5,14H2,(H2,15,18). The Bertz CT molecular complexity index is 535. The van der Waals surface area contributed by atoms with Crippen LogP contribution in [0.3, 0.4) is 0 Å². The number of nitrogen functional groups attached to an aromatic ring is 1. The molecule has 0 radical (unpaired) electrons. The minimum Gasteiger partial charge on any atom is -0.398 e. The third kappa shape index (κ3) is 2.64. The lowest BCUT2D eigenvalue weighted by molar-refractivity contribution is -0.121. The highest BCUT2D eigenvalue weighted by Gasteiger charge is 2.38. The van der Waals surface area contributed by atoms with Crippen molar-refractivity contribution >= 4 is 29.1 Å². The maximum Gasteiger partial charge on any atom is 0.254 e. The molecule has 5 N–H and O–H groups in total. The number of primary amides is 1. The van der Waals surface area contributed by atoms with E-state index in [1.807, 2.05) is 0 Å². The molecule has 1 saturated heterocycles. The van der Waals surface area contributed by atoms with Gasteiger partial charge in [-0.2, -0.15) is 0 Å². The van der Waals surface area contributed by atoms with Crippen LogP contribution in [-0.4, -0.2) is 40.5 Å². The fraction of sp³-hybridized carbons (Fsp3) is 0.333. The lowest BCUT2D eigenvalue weighted by atomic mass is 10.1. The Morgan fingerprint density at radius 3 is 2.68 bits per heavy atom. The molecule has 1 aromatic carbocycles. The number of hydrogen-bond acceptors (Lipinski definition) is 4. The van der Waals surface area contributed by atoms with Crippen LogP contribution in [0.2, 0.25) is 5.02 Å². The number of aliphatic hydroxyl groups is 1. The van der Waals surface area contributed by atoms with Crippen molar-refractivity contribution in [3.8, 4) is 0 Å².